The minimum Gasteiger partial charge on any atom is -0.308 e. The van der Waals surface area contributed by atoms with Crippen LogP contribution in [0.25, 0.3) is 0 Å². The summed E-state index contributed by atoms with van der Waals surface area (Å²) in [5, 5.41) is 0. The SMILES string of the molecule is CC(C)(C)C(=O)Cn1ccccc1=O. The van der Waals surface area contributed by atoms with Gasteiger partial charge in [-0.05, 0) is 6.07 Å². The number of nitrogens with zero attached hydrogens (tertiary/aromatic N) is 1. The highest BCUT2D eigenvalue weighted by Crippen LogP contribution is 2.14. The zero-order valence-electron chi connectivity index (χ0n) is 8.78. The minimum atomic E-state index is -0.394. The Kier molecular flexibility index (Phi) is 2.89. The summed E-state index contributed by atoms with van der Waals surface area (Å²) >= 11 is 0. The fourth-order valence-electron chi connectivity index (χ4n) is 0.983. The predicted octanol–water partition coefficient (Wildman–Crippen LogP) is 1.46. The van der Waals surface area contributed by atoms with Gasteiger partial charge in [-0.2, -0.15) is 0 Å². The third-order valence-electron chi connectivity index (χ3n) is 2.05. The highest BCUT2D eigenvalue weighted by atomic mass is 16.1. The van der Waals surface area contributed by atoms with Crippen LogP contribution in [0.15, 0.2) is 29.2 Å². The molecule has 0 aliphatic carbocycles. The number of carbonyl (C=O) groups is 1. The van der Waals surface area contributed by atoms with Crippen LogP contribution in [0.2, 0.25) is 0 Å². The van der Waals surface area contributed by atoms with Crippen LogP contribution >= 0.6 is 0 Å². The highest BCUT2D eigenvalue weighted by Gasteiger charge is 2.21. The van der Waals surface area contributed by atoms with E-state index in [9.17, 15) is 9.59 Å². The van der Waals surface area contributed by atoms with Crippen molar-refractivity contribution < 1.29 is 4.79 Å². The van der Waals surface area contributed by atoms with Crippen LogP contribution in [-0.2, 0) is 11.3 Å². The average molecular weight is 193 g/mol. The molecule has 76 valence electrons. The van der Waals surface area contributed by atoms with E-state index in [4.69, 9.17) is 0 Å². The molecule has 0 saturated carbocycles. The van der Waals surface area contributed by atoms with Crippen molar-refractivity contribution >= 4 is 5.78 Å². The van der Waals surface area contributed by atoms with Crippen molar-refractivity contribution in [3.05, 3.63) is 34.7 Å². The van der Waals surface area contributed by atoms with Gasteiger partial charge < -0.3 is 4.57 Å². The molecule has 1 rings (SSSR count). The Morgan fingerprint density at radius 2 is 2.00 bits per heavy atom. The molecule has 0 amide bonds. The maximum Gasteiger partial charge on any atom is 0.250 e. The van der Waals surface area contributed by atoms with E-state index >= 15 is 0 Å². The molecule has 0 N–H and O–H groups in total. The molecule has 0 spiro atoms. The number of carbonyl (C=O) groups excluding carboxylic acids is 1. The quantitative estimate of drug-likeness (QED) is 0.713. The monoisotopic (exact) mass is 193 g/mol. The van der Waals surface area contributed by atoms with Crippen LogP contribution in [0.4, 0.5) is 0 Å². The summed E-state index contributed by atoms with van der Waals surface area (Å²) in [5.74, 6) is 0.0609. The molecule has 3 heteroatoms. The Labute approximate surface area is 83.4 Å². The Hall–Kier alpha value is -1.38. The molecule has 1 aromatic heterocycles. The van der Waals surface area contributed by atoms with Gasteiger partial charge in [-0.1, -0.05) is 26.8 Å². The lowest BCUT2D eigenvalue weighted by molar-refractivity contribution is -0.126. The molecular formula is C11H15NO2. The summed E-state index contributed by atoms with van der Waals surface area (Å²) in [6.07, 6.45) is 1.63. The van der Waals surface area contributed by atoms with Crippen molar-refractivity contribution in [2.45, 2.75) is 27.3 Å². The number of ketones is 1. The van der Waals surface area contributed by atoms with Crippen molar-refractivity contribution in [1.29, 1.82) is 0 Å². The standard InChI is InChI=1S/C11H15NO2/c1-11(2,3)9(13)8-12-7-5-4-6-10(12)14/h4-7H,8H2,1-3H3. The molecule has 0 atom stereocenters. The topological polar surface area (TPSA) is 39.1 Å². The van der Waals surface area contributed by atoms with Crippen molar-refractivity contribution in [3.63, 3.8) is 0 Å². The Morgan fingerprint density at radius 1 is 1.36 bits per heavy atom. The molecule has 14 heavy (non-hydrogen) atoms. The smallest absolute Gasteiger partial charge is 0.250 e. The molecule has 1 heterocycles. The first-order valence-electron chi connectivity index (χ1n) is 4.60. The normalized spacial score (nSPS) is 11.4. The summed E-state index contributed by atoms with van der Waals surface area (Å²) in [4.78, 5) is 22.9. The van der Waals surface area contributed by atoms with Gasteiger partial charge in [0.1, 0.15) is 0 Å². The summed E-state index contributed by atoms with van der Waals surface area (Å²) in [6, 6.07) is 4.87. The van der Waals surface area contributed by atoms with Crippen LogP contribution in [0, 0.1) is 5.41 Å². The van der Waals surface area contributed by atoms with E-state index in [0.29, 0.717) is 0 Å². The van der Waals surface area contributed by atoms with Gasteiger partial charge in [-0.25, -0.2) is 0 Å². The van der Waals surface area contributed by atoms with Crippen LogP contribution in [0.1, 0.15) is 20.8 Å². The molecule has 0 saturated heterocycles. The molecule has 1 aromatic rings. The lowest BCUT2D eigenvalue weighted by Crippen LogP contribution is -2.29. The average Bonchev–Trinajstić information content (AvgIpc) is 2.07. The van der Waals surface area contributed by atoms with Crippen LogP contribution < -0.4 is 5.56 Å². The minimum absolute atomic E-state index is 0.0609. The molecule has 0 aliphatic heterocycles. The van der Waals surface area contributed by atoms with Gasteiger partial charge in [0.2, 0.25) is 0 Å². The van der Waals surface area contributed by atoms with Crippen molar-refractivity contribution in [3.8, 4) is 0 Å². The Bertz CT molecular complexity index is 385. The fraction of sp³-hybridized carbons (Fsp3) is 0.455. The van der Waals surface area contributed by atoms with Gasteiger partial charge in [0.25, 0.3) is 5.56 Å². The second kappa shape index (κ2) is 3.78. The fourth-order valence-corrected chi connectivity index (χ4v) is 0.983. The first-order chi connectivity index (χ1) is 6.41. The second-order valence-corrected chi connectivity index (χ2v) is 4.34. The predicted molar refractivity (Wildman–Crippen MR) is 55.2 cm³/mol. The molecule has 0 aromatic carbocycles. The maximum atomic E-state index is 11.6. The zero-order chi connectivity index (χ0) is 10.8. The van der Waals surface area contributed by atoms with E-state index in [1.54, 1.807) is 18.3 Å². The number of hydrogen-bond donors (Lipinski definition) is 0. The van der Waals surface area contributed by atoms with Crippen LogP contribution in [-0.4, -0.2) is 10.4 Å². The number of Topliss-reactive ketones (excluding diaryl/α,β-unsaturated/α-hetero) is 1. The molecular weight excluding hydrogens is 178 g/mol. The van der Waals surface area contributed by atoms with Crippen LogP contribution in [0.5, 0.6) is 0 Å². The van der Waals surface area contributed by atoms with Gasteiger partial charge in [-0.3, -0.25) is 9.59 Å². The lowest BCUT2D eigenvalue weighted by Gasteiger charge is -2.16. The molecule has 3 nitrogen and oxygen atoms in total. The molecule has 0 radical (unpaired) electrons. The molecule has 0 unspecified atom stereocenters. The summed E-state index contributed by atoms with van der Waals surface area (Å²) < 4.78 is 1.42. The number of aromatic nitrogens is 1. The summed E-state index contributed by atoms with van der Waals surface area (Å²) in [5.41, 5.74) is -0.528. The van der Waals surface area contributed by atoms with E-state index in [1.807, 2.05) is 20.8 Å². The van der Waals surface area contributed by atoms with Gasteiger partial charge in [0.15, 0.2) is 5.78 Å². The van der Waals surface area contributed by atoms with E-state index in [-0.39, 0.29) is 17.9 Å². The number of hydrogen-bond acceptors (Lipinski definition) is 2. The molecule has 0 fully saturated rings. The van der Waals surface area contributed by atoms with Gasteiger partial charge in [0, 0.05) is 17.7 Å². The van der Waals surface area contributed by atoms with Gasteiger partial charge in [0.05, 0.1) is 6.54 Å². The van der Waals surface area contributed by atoms with Crippen molar-refractivity contribution in [2.24, 2.45) is 5.41 Å². The molecule has 0 bridgehead atoms. The first kappa shape index (κ1) is 10.7. The summed E-state index contributed by atoms with van der Waals surface area (Å²) in [6.45, 7) is 5.71. The zero-order valence-corrected chi connectivity index (χ0v) is 8.78. The first-order valence-corrected chi connectivity index (χ1v) is 4.60. The number of pyridine rings is 1. The van der Waals surface area contributed by atoms with E-state index in [0.717, 1.165) is 0 Å². The third-order valence-corrected chi connectivity index (χ3v) is 2.05. The summed E-state index contributed by atoms with van der Waals surface area (Å²) in [7, 11) is 0. The van der Waals surface area contributed by atoms with E-state index in [2.05, 4.69) is 0 Å². The lowest BCUT2D eigenvalue weighted by atomic mass is 9.91. The van der Waals surface area contributed by atoms with Crippen LogP contribution in [0.3, 0.4) is 0 Å². The highest BCUT2D eigenvalue weighted by molar-refractivity contribution is 5.83. The van der Waals surface area contributed by atoms with E-state index < -0.39 is 5.41 Å². The number of rotatable bonds is 2. The van der Waals surface area contributed by atoms with Gasteiger partial charge >= 0.3 is 0 Å². The van der Waals surface area contributed by atoms with Crippen molar-refractivity contribution in [1.82, 2.24) is 4.57 Å². The van der Waals surface area contributed by atoms with Gasteiger partial charge in [-0.15, -0.1) is 0 Å². The Balaban J connectivity index is 2.86. The maximum absolute atomic E-state index is 11.6. The Morgan fingerprint density at radius 3 is 2.50 bits per heavy atom. The van der Waals surface area contributed by atoms with E-state index in [1.165, 1.54) is 10.6 Å². The third kappa shape index (κ3) is 2.55. The molecule has 0 aliphatic rings. The van der Waals surface area contributed by atoms with Crippen molar-refractivity contribution in [2.75, 3.05) is 0 Å². The second-order valence-electron chi connectivity index (χ2n) is 4.34. The largest absolute Gasteiger partial charge is 0.308 e.